The summed E-state index contributed by atoms with van der Waals surface area (Å²) < 4.78 is 0. The summed E-state index contributed by atoms with van der Waals surface area (Å²) in [6, 6.07) is 4.71. The second-order valence-corrected chi connectivity index (χ2v) is 14.5. The number of ketones is 1. The van der Waals surface area contributed by atoms with E-state index in [-0.39, 0.29) is 27.4 Å². The van der Waals surface area contributed by atoms with Gasteiger partial charge in [0.15, 0.2) is 5.78 Å². The molecule has 0 fully saturated rings. The summed E-state index contributed by atoms with van der Waals surface area (Å²) in [5, 5.41) is 0. The van der Waals surface area contributed by atoms with E-state index in [4.69, 9.17) is 0 Å². The van der Waals surface area contributed by atoms with Crippen molar-refractivity contribution < 1.29 is 4.79 Å². The van der Waals surface area contributed by atoms with Crippen molar-refractivity contribution in [3.8, 4) is 0 Å². The molecule has 0 bridgehead atoms. The van der Waals surface area contributed by atoms with Gasteiger partial charge in [0.1, 0.15) is 0 Å². The van der Waals surface area contributed by atoms with Crippen molar-refractivity contribution in [3.05, 3.63) is 67.8 Å². The lowest BCUT2D eigenvalue weighted by Crippen LogP contribution is -2.25. The topological polar surface area (TPSA) is 17.1 Å². The minimum absolute atomic E-state index is 0.0409. The average molecular weight is 463 g/mol. The highest BCUT2D eigenvalue weighted by molar-refractivity contribution is 6.13. The Morgan fingerprint density at radius 3 is 0.765 bits per heavy atom. The van der Waals surface area contributed by atoms with Crippen LogP contribution in [0.3, 0.4) is 0 Å². The molecule has 1 nitrogen and oxygen atoms in total. The Balaban J connectivity index is 3.09. The Labute approximate surface area is 210 Å². The molecule has 0 N–H and O–H groups in total. The summed E-state index contributed by atoms with van der Waals surface area (Å²) in [5.41, 5.74) is 11.2. The predicted octanol–water partition coefficient (Wildman–Crippen LogP) is 9.34. The van der Waals surface area contributed by atoms with Crippen molar-refractivity contribution in [3.63, 3.8) is 0 Å². The normalized spacial score (nSPS) is 13.4. The zero-order chi connectivity index (χ0) is 26.8. The first-order valence-corrected chi connectivity index (χ1v) is 12.9. The van der Waals surface area contributed by atoms with Crippen LogP contribution in [-0.4, -0.2) is 5.78 Å². The van der Waals surface area contributed by atoms with Crippen LogP contribution < -0.4 is 0 Å². The third-order valence-corrected chi connectivity index (χ3v) is 7.38. The third-order valence-electron chi connectivity index (χ3n) is 7.38. The average Bonchev–Trinajstić information content (AvgIpc) is 2.57. The molecule has 0 aliphatic rings. The minimum atomic E-state index is -0.0409. The first-order valence-electron chi connectivity index (χ1n) is 12.9. The maximum Gasteiger partial charge on any atom is 0.194 e. The molecular weight excluding hydrogens is 412 g/mol. The second kappa shape index (κ2) is 8.65. The summed E-state index contributed by atoms with van der Waals surface area (Å²) in [6.45, 7) is 35.6. The summed E-state index contributed by atoms with van der Waals surface area (Å²) in [5.74, 6) is 0.179. The number of rotatable bonds is 2. The van der Waals surface area contributed by atoms with E-state index in [0.29, 0.717) is 0 Å². The number of carbonyl (C=O) groups excluding carboxylic acids is 1. The fourth-order valence-corrected chi connectivity index (χ4v) is 5.75. The number of hydrogen-bond donors (Lipinski definition) is 0. The van der Waals surface area contributed by atoms with Crippen molar-refractivity contribution in [2.24, 2.45) is 0 Å². The molecule has 0 radical (unpaired) electrons. The molecule has 0 aliphatic heterocycles. The van der Waals surface area contributed by atoms with E-state index in [9.17, 15) is 4.79 Å². The van der Waals surface area contributed by atoms with Gasteiger partial charge < -0.3 is 0 Å². The van der Waals surface area contributed by atoms with Crippen molar-refractivity contribution in [1.29, 1.82) is 0 Å². The van der Waals surface area contributed by atoms with Crippen LogP contribution in [0.4, 0.5) is 0 Å². The molecule has 2 aromatic carbocycles. The summed E-state index contributed by atoms with van der Waals surface area (Å²) in [4.78, 5) is 14.6. The van der Waals surface area contributed by atoms with E-state index in [1.807, 2.05) is 0 Å². The van der Waals surface area contributed by atoms with E-state index in [1.165, 1.54) is 22.3 Å². The molecule has 2 aromatic rings. The maximum absolute atomic E-state index is 14.6. The van der Waals surface area contributed by atoms with E-state index in [0.717, 1.165) is 33.4 Å². The van der Waals surface area contributed by atoms with Crippen LogP contribution in [0.5, 0.6) is 0 Å². The van der Waals surface area contributed by atoms with Gasteiger partial charge in [-0.2, -0.15) is 0 Å². The lowest BCUT2D eigenvalue weighted by atomic mass is 9.71. The standard InChI is InChI=1S/C33H50O/c1-19-23(30(5,6)7)17-24(31(8,9)10)20(2)27(19)29(34)28-21(3)25(32(11,12)13)18-26(22(28)4)33(14,15)16/h17-18H,1-16H3. The third kappa shape index (κ3) is 5.19. The maximum atomic E-state index is 14.6. The van der Waals surface area contributed by atoms with Gasteiger partial charge in [-0.05, 0) is 93.9 Å². The molecular formula is C33H50O. The van der Waals surface area contributed by atoms with Gasteiger partial charge in [0.05, 0.1) is 0 Å². The fourth-order valence-electron chi connectivity index (χ4n) is 5.75. The molecule has 0 spiro atoms. The lowest BCUT2D eigenvalue weighted by Gasteiger charge is -2.33. The number of hydrogen-bond acceptors (Lipinski definition) is 1. The van der Waals surface area contributed by atoms with Gasteiger partial charge in [0.2, 0.25) is 0 Å². The Hall–Kier alpha value is -1.89. The van der Waals surface area contributed by atoms with E-state index in [2.05, 4.69) is 123 Å². The summed E-state index contributed by atoms with van der Waals surface area (Å²) >= 11 is 0. The summed E-state index contributed by atoms with van der Waals surface area (Å²) in [6.07, 6.45) is 0. The van der Waals surface area contributed by atoms with E-state index >= 15 is 0 Å². The van der Waals surface area contributed by atoms with Crippen LogP contribution in [0.15, 0.2) is 12.1 Å². The molecule has 0 heterocycles. The molecule has 0 unspecified atom stereocenters. The Kier molecular flexibility index (Phi) is 7.21. The van der Waals surface area contributed by atoms with Gasteiger partial charge in [-0.25, -0.2) is 0 Å². The second-order valence-electron chi connectivity index (χ2n) is 14.5. The zero-order valence-electron chi connectivity index (χ0n) is 25.1. The smallest absolute Gasteiger partial charge is 0.194 e. The Bertz CT molecular complexity index is 948. The molecule has 0 saturated carbocycles. The predicted molar refractivity (Wildman–Crippen MR) is 150 cm³/mol. The Morgan fingerprint density at radius 2 is 0.618 bits per heavy atom. The van der Waals surface area contributed by atoms with E-state index < -0.39 is 0 Å². The van der Waals surface area contributed by atoms with Crippen molar-refractivity contribution >= 4 is 5.78 Å². The zero-order valence-corrected chi connectivity index (χ0v) is 25.1. The summed E-state index contributed by atoms with van der Waals surface area (Å²) in [7, 11) is 0. The minimum Gasteiger partial charge on any atom is -0.289 e. The largest absolute Gasteiger partial charge is 0.289 e. The van der Waals surface area contributed by atoms with Crippen LogP contribution >= 0.6 is 0 Å². The molecule has 0 saturated heterocycles. The van der Waals surface area contributed by atoms with Crippen LogP contribution in [0.1, 0.15) is 144 Å². The number of carbonyl (C=O) groups is 1. The molecule has 0 amide bonds. The van der Waals surface area contributed by atoms with Gasteiger partial charge in [-0.3, -0.25) is 4.79 Å². The van der Waals surface area contributed by atoms with Gasteiger partial charge in [0, 0.05) is 11.1 Å². The van der Waals surface area contributed by atoms with Crippen molar-refractivity contribution in [2.45, 2.75) is 132 Å². The molecule has 188 valence electrons. The number of benzene rings is 2. The van der Waals surface area contributed by atoms with Gasteiger partial charge >= 0.3 is 0 Å². The molecule has 1 heteroatoms. The SMILES string of the molecule is Cc1c(C(C)(C)C)cc(C(C)(C)C)c(C)c1C(=O)c1c(C)c(C(C)(C)C)cc(C(C)(C)C)c1C. The first kappa shape index (κ1) is 28.3. The van der Waals surface area contributed by atoms with Crippen LogP contribution in [0, 0.1) is 27.7 Å². The van der Waals surface area contributed by atoms with Crippen LogP contribution in [-0.2, 0) is 21.7 Å². The molecule has 0 aliphatic carbocycles. The fraction of sp³-hybridized carbons (Fsp3) is 0.606. The molecule has 0 aromatic heterocycles. The van der Waals surface area contributed by atoms with Gasteiger partial charge in [0.25, 0.3) is 0 Å². The van der Waals surface area contributed by atoms with Crippen molar-refractivity contribution in [1.82, 2.24) is 0 Å². The Morgan fingerprint density at radius 1 is 0.441 bits per heavy atom. The highest BCUT2D eigenvalue weighted by Gasteiger charge is 2.33. The highest BCUT2D eigenvalue weighted by Crippen LogP contribution is 2.41. The van der Waals surface area contributed by atoms with Gasteiger partial charge in [-0.15, -0.1) is 0 Å². The lowest BCUT2D eigenvalue weighted by molar-refractivity contribution is 0.103. The van der Waals surface area contributed by atoms with Gasteiger partial charge in [-0.1, -0.05) is 95.2 Å². The monoisotopic (exact) mass is 462 g/mol. The quantitative estimate of drug-likeness (QED) is 0.406. The van der Waals surface area contributed by atoms with E-state index in [1.54, 1.807) is 0 Å². The molecule has 0 atom stereocenters. The first-order chi connectivity index (χ1) is 15.0. The molecule has 2 rings (SSSR count). The van der Waals surface area contributed by atoms with Crippen LogP contribution in [0.25, 0.3) is 0 Å². The van der Waals surface area contributed by atoms with Crippen LogP contribution in [0.2, 0.25) is 0 Å². The highest BCUT2D eigenvalue weighted by atomic mass is 16.1. The van der Waals surface area contributed by atoms with Crippen molar-refractivity contribution in [2.75, 3.05) is 0 Å². The molecule has 34 heavy (non-hydrogen) atoms.